The predicted molar refractivity (Wildman–Crippen MR) is 81.2 cm³/mol. The fourth-order valence-electron chi connectivity index (χ4n) is 4.09. The second kappa shape index (κ2) is 5.70. The Bertz CT molecular complexity index is 373. The van der Waals surface area contributed by atoms with Crippen LogP contribution in [0.2, 0.25) is 0 Å². The molecule has 0 radical (unpaired) electrons. The Morgan fingerprint density at radius 2 is 2.16 bits per heavy atom. The van der Waals surface area contributed by atoms with E-state index in [4.69, 9.17) is 0 Å². The van der Waals surface area contributed by atoms with Crippen LogP contribution in [-0.2, 0) is 0 Å². The Morgan fingerprint density at radius 1 is 1.42 bits per heavy atom. The molecule has 0 bridgehead atoms. The number of aliphatic hydroxyl groups excluding tert-OH is 1. The summed E-state index contributed by atoms with van der Waals surface area (Å²) in [4.78, 5) is 2.51. The third-order valence-corrected chi connectivity index (χ3v) is 5.65. The highest BCUT2D eigenvalue weighted by atomic mass is 16.3. The molecule has 0 saturated heterocycles. The molecule has 0 aromatic carbocycles. The van der Waals surface area contributed by atoms with Gasteiger partial charge in [-0.15, -0.1) is 0 Å². The SMILES string of the molecule is CCC1CC2C(O)=CCC=CC2CC1(C)N(C)CC. The highest BCUT2D eigenvalue weighted by molar-refractivity contribution is 5.16. The van der Waals surface area contributed by atoms with Crippen LogP contribution in [0.25, 0.3) is 0 Å². The summed E-state index contributed by atoms with van der Waals surface area (Å²) in [5.74, 6) is 2.15. The van der Waals surface area contributed by atoms with Crippen LogP contribution in [0.5, 0.6) is 0 Å². The van der Waals surface area contributed by atoms with Gasteiger partial charge < -0.3 is 10.0 Å². The van der Waals surface area contributed by atoms with Crippen molar-refractivity contribution >= 4 is 0 Å². The summed E-state index contributed by atoms with van der Waals surface area (Å²) in [5, 5.41) is 10.3. The van der Waals surface area contributed by atoms with Crippen LogP contribution >= 0.6 is 0 Å². The van der Waals surface area contributed by atoms with E-state index in [-0.39, 0.29) is 5.54 Å². The average molecular weight is 263 g/mol. The molecule has 2 heteroatoms. The predicted octanol–water partition coefficient (Wildman–Crippen LogP) is 4.15. The van der Waals surface area contributed by atoms with Crippen molar-refractivity contribution < 1.29 is 5.11 Å². The number of hydrogen-bond donors (Lipinski definition) is 1. The van der Waals surface area contributed by atoms with E-state index >= 15 is 0 Å². The molecule has 1 saturated carbocycles. The summed E-state index contributed by atoms with van der Waals surface area (Å²) in [6.45, 7) is 8.04. The Balaban J connectivity index is 2.29. The molecule has 4 atom stereocenters. The number of nitrogens with zero attached hydrogens (tertiary/aromatic N) is 1. The molecule has 0 aromatic heterocycles. The average Bonchev–Trinajstić information content (AvgIpc) is 2.58. The molecule has 108 valence electrons. The van der Waals surface area contributed by atoms with E-state index in [1.807, 2.05) is 6.08 Å². The summed E-state index contributed by atoms with van der Waals surface area (Å²) in [7, 11) is 2.25. The van der Waals surface area contributed by atoms with Crippen molar-refractivity contribution in [3.05, 3.63) is 24.0 Å². The zero-order chi connectivity index (χ0) is 14.0. The van der Waals surface area contributed by atoms with Crippen LogP contribution in [-0.4, -0.2) is 29.1 Å². The summed E-state index contributed by atoms with van der Waals surface area (Å²) < 4.78 is 0. The number of hydrogen-bond acceptors (Lipinski definition) is 2. The Morgan fingerprint density at radius 3 is 2.79 bits per heavy atom. The van der Waals surface area contributed by atoms with E-state index in [9.17, 15) is 5.11 Å². The van der Waals surface area contributed by atoms with Gasteiger partial charge >= 0.3 is 0 Å². The number of rotatable bonds is 3. The number of aliphatic hydroxyl groups is 1. The Labute approximate surface area is 118 Å². The highest BCUT2D eigenvalue weighted by Gasteiger charge is 2.46. The summed E-state index contributed by atoms with van der Waals surface area (Å²) >= 11 is 0. The van der Waals surface area contributed by atoms with Crippen molar-refractivity contribution in [3.8, 4) is 0 Å². The van der Waals surface area contributed by atoms with Crippen molar-refractivity contribution in [1.29, 1.82) is 0 Å². The number of allylic oxidation sites excluding steroid dienone is 4. The maximum absolute atomic E-state index is 10.3. The topological polar surface area (TPSA) is 23.5 Å². The Kier molecular flexibility index (Phi) is 4.39. The van der Waals surface area contributed by atoms with Gasteiger partial charge in [-0.05, 0) is 57.7 Å². The van der Waals surface area contributed by atoms with E-state index in [0.717, 1.165) is 25.8 Å². The molecule has 2 nitrogen and oxygen atoms in total. The normalized spacial score (nSPS) is 38.8. The van der Waals surface area contributed by atoms with E-state index in [1.165, 1.54) is 6.42 Å². The Hall–Kier alpha value is -0.760. The quantitative estimate of drug-likeness (QED) is 0.773. The minimum atomic E-state index is 0.264. The van der Waals surface area contributed by atoms with Crippen LogP contribution in [0.1, 0.15) is 46.5 Å². The van der Waals surface area contributed by atoms with Crippen molar-refractivity contribution in [2.24, 2.45) is 17.8 Å². The molecule has 2 rings (SSSR count). The second-order valence-corrected chi connectivity index (χ2v) is 6.48. The van der Waals surface area contributed by atoms with Crippen LogP contribution in [0.3, 0.4) is 0 Å². The first-order valence-electron chi connectivity index (χ1n) is 7.79. The van der Waals surface area contributed by atoms with Crippen LogP contribution in [0, 0.1) is 17.8 Å². The van der Waals surface area contributed by atoms with E-state index in [0.29, 0.717) is 23.5 Å². The minimum Gasteiger partial charge on any atom is -0.512 e. The van der Waals surface area contributed by atoms with Gasteiger partial charge in [0, 0.05) is 11.5 Å². The maximum Gasteiger partial charge on any atom is 0.0922 e. The van der Waals surface area contributed by atoms with Crippen molar-refractivity contribution in [1.82, 2.24) is 4.90 Å². The fourth-order valence-corrected chi connectivity index (χ4v) is 4.09. The first-order valence-corrected chi connectivity index (χ1v) is 7.79. The van der Waals surface area contributed by atoms with Crippen molar-refractivity contribution in [2.75, 3.05) is 13.6 Å². The van der Waals surface area contributed by atoms with Gasteiger partial charge in [0.25, 0.3) is 0 Å². The lowest BCUT2D eigenvalue weighted by atomic mass is 9.62. The highest BCUT2D eigenvalue weighted by Crippen LogP contribution is 2.48. The van der Waals surface area contributed by atoms with Crippen LogP contribution < -0.4 is 0 Å². The molecule has 0 amide bonds. The standard InChI is InChI=1S/C17H29NO/c1-5-14-11-15-13(9-7-8-10-16(15)19)12-17(14,3)18(4)6-2/h7,9-10,13-15,19H,5-6,8,11-12H2,1-4H3. The second-order valence-electron chi connectivity index (χ2n) is 6.48. The zero-order valence-electron chi connectivity index (χ0n) is 12.9. The van der Waals surface area contributed by atoms with Gasteiger partial charge in [-0.3, -0.25) is 0 Å². The molecule has 0 aromatic rings. The molecule has 0 aliphatic heterocycles. The van der Waals surface area contributed by atoms with Gasteiger partial charge in [0.2, 0.25) is 0 Å². The molecule has 0 spiro atoms. The van der Waals surface area contributed by atoms with Crippen LogP contribution in [0.4, 0.5) is 0 Å². The first kappa shape index (κ1) is 14.6. The lowest BCUT2D eigenvalue weighted by Gasteiger charge is -2.52. The molecule has 2 aliphatic rings. The van der Waals surface area contributed by atoms with E-state index < -0.39 is 0 Å². The van der Waals surface area contributed by atoms with Gasteiger partial charge in [-0.1, -0.05) is 32.4 Å². The third-order valence-electron chi connectivity index (χ3n) is 5.65. The first-order chi connectivity index (χ1) is 9.02. The summed E-state index contributed by atoms with van der Waals surface area (Å²) in [6.07, 6.45) is 10.9. The fraction of sp³-hybridized carbons (Fsp3) is 0.765. The van der Waals surface area contributed by atoms with Gasteiger partial charge in [0.15, 0.2) is 0 Å². The van der Waals surface area contributed by atoms with Gasteiger partial charge in [-0.2, -0.15) is 0 Å². The number of fused-ring (bicyclic) bond motifs is 1. The van der Waals surface area contributed by atoms with Gasteiger partial charge in [0.1, 0.15) is 0 Å². The summed E-state index contributed by atoms with van der Waals surface area (Å²) in [5.41, 5.74) is 0.264. The molecule has 1 fully saturated rings. The minimum absolute atomic E-state index is 0.264. The molecule has 0 heterocycles. The lowest BCUT2D eigenvalue weighted by molar-refractivity contribution is -0.00265. The monoisotopic (exact) mass is 263 g/mol. The smallest absolute Gasteiger partial charge is 0.0922 e. The van der Waals surface area contributed by atoms with Gasteiger partial charge in [0.05, 0.1) is 5.76 Å². The molecule has 4 unspecified atom stereocenters. The van der Waals surface area contributed by atoms with E-state index in [2.05, 4.69) is 44.9 Å². The summed E-state index contributed by atoms with van der Waals surface area (Å²) in [6, 6.07) is 0. The molecule has 1 N–H and O–H groups in total. The van der Waals surface area contributed by atoms with Gasteiger partial charge in [-0.25, -0.2) is 0 Å². The third kappa shape index (κ3) is 2.60. The van der Waals surface area contributed by atoms with E-state index in [1.54, 1.807) is 0 Å². The molecule has 2 aliphatic carbocycles. The van der Waals surface area contributed by atoms with Crippen molar-refractivity contribution in [2.45, 2.75) is 52.0 Å². The lowest BCUT2D eigenvalue weighted by Crippen LogP contribution is -2.54. The zero-order valence-corrected chi connectivity index (χ0v) is 12.9. The van der Waals surface area contributed by atoms with Crippen molar-refractivity contribution in [3.63, 3.8) is 0 Å². The molecule has 19 heavy (non-hydrogen) atoms. The molecular weight excluding hydrogens is 234 g/mol. The molecular formula is C17H29NO. The maximum atomic E-state index is 10.3. The largest absolute Gasteiger partial charge is 0.512 e. The van der Waals surface area contributed by atoms with Crippen LogP contribution in [0.15, 0.2) is 24.0 Å².